The van der Waals surface area contributed by atoms with Crippen LogP contribution in [0.5, 0.6) is 0 Å². The molecule has 0 aromatic heterocycles. The first-order chi connectivity index (χ1) is 10.4. The average molecular weight is 380 g/mol. The zero-order valence-corrected chi connectivity index (χ0v) is 13.3. The first-order valence-corrected chi connectivity index (χ1v) is 9.89. The van der Waals surface area contributed by atoms with Crippen LogP contribution in [-0.2, 0) is 29.2 Å². The zero-order valence-electron chi connectivity index (χ0n) is 11.6. The Morgan fingerprint density at radius 1 is 1.35 bits per heavy atom. The van der Waals surface area contributed by atoms with Gasteiger partial charge in [0.1, 0.15) is 6.10 Å². The summed E-state index contributed by atoms with van der Waals surface area (Å²) < 4.78 is 102. The van der Waals surface area contributed by atoms with Gasteiger partial charge in [-0.15, -0.1) is 0 Å². The van der Waals surface area contributed by atoms with Crippen molar-refractivity contribution in [3.8, 4) is 0 Å². The van der Waals surface area contributed by atoms with E-state index in [0.717, 1.165) is 0 Å². The van der Waals surface area contributed by atoms with Gasteiger partial charge in [0.25, 0.3) is 10.1 Å². The molecule has 6 unspecified atom stereocenters. The van der Waals surface area contributed by atoms with E-state index in [1.54, 1.807) is 0 Å². The van der Waals surface area contributed by atoms with Crippen LogP contribution in [-0.4, -0.2) is 56.9 Å². The lowest BCUT2D eigenvalue weighted by Gasteiger charge is -2.26. The maximum atomic E-state index is 13.4. The van der Waals surface area contributed by atoms with Gasteiger partial charge in [0.2, 0.25) is 0 Å². The Balaban J connectivity index is 1.57. The van der Waals surface area contributed by atoms with Gasteiger partial charge in [0, 0.05) is 12.3 Å². The Labute approximate surface area is 131 Å². The predicted octanol–water partition coefficient (Wildman–Crippen LogP) is 0.717. The van der Waals surface area contributed by atoms with Gasteiger partial charge in [-0.25, -0.2) is 4.39 Å². The smallest absolute Gasteiger partial charge is 0.375 e. The number of halogens is 3. The van der Waals surface area contributed by atoms with E-state index in [1.807, 2.05) is 0 Å². The van der Waals surface area contributed by atoms with Gasteiger partial charge in [-0.3, -0.25) is 8.74 Å². The van der Waals surface area contributed by atoms with Crippen molar-refractivity contribution < 1.29 is 43.5 Å². The Kier molecular flexibility index (Phi) is 3.99. The molecule has 23 heavy (non-hydrogen) atoms. The minimum atomic E-state index is -5.85. The lowest BCUT2D eigenvalue weighted by atomic mass is 9.94. The van der Waals surface area contributed by atoms with Crippen molar-refractivity contribution >= 4 is 20.2 Å². The highest BCUT2D eigenvalue weighted by Gasteiger charge is 2.64. The molecular weight excluding hydrogens is 365 g/mol. The van der Waals surface area contributed by atoms with Crippen molar-refractivity contribution in [1.82, 2.24) is 0 Å². The molecule has 1 heterocycles. The van der Waals surface area contributed by atoms with Crippen LogP contribution in [0.25, 0.3) is 0 Å². The Morgan fingerprint density at radius 3 is 2.61 bits per heavy atom. The highest BCUT2D eigenvalue weighted by Crippen LogP contribution is 2.55. The first kappa shape index (κ1) is 17.4. The van der Waals surface area contributed by atoms with E-state index in [9.17, 15) is 30.0 Å². The molecule has 3 aliphatic rings. The molecule has 0 aromatic carbocycles. The summed E-state index contributed by atoms with van der Waals surface area (Å²) in [6.07, 6.45) is -4.47. The van der Waals surface area contributed by atoms with Gasteiger partial charge in [-0.1, -0.05) is 0 Å². The molecule has 1 aliphatic heterocycles. The monoisotopic (exact) mass is 380 g/mol. The van der Waals surface area contributed by atoms with Crippen LogP contribution in [0, 0.1) is 11.8 Å². The topological polar surface area (TPSA) is 107 Å². The van der Waals surface area contributed by atoms with Crippen molar-refractivity contribution in [2.24, 2.45) is 11.8 Å². The molecular formula is C11H15F3O7S2. The zero-order chi connectivity index (χ0) is 17.2. The number of rotatable bonds is 6. The molecule has 7 nitrogen and oxygen atoms in total. The number of hydrogen-bond acceptors (Lipinski definition) is 6. The summed E-state index contributed by atoms with van der Waals surface area (Å²) >= 11 is 0. The summed E-state index contributed by atoms with van der Waals surface area (Å²) in [5, 5.41) is -5.47. The third-order valence-corrected chi connectivity index (χ3v) is 7.52. The van der Waals surface area contributed by atoms with E-state index in [2.05, 4.69) is 0 Å². The fourth-order valence-corrected chi connectivity index (χ4v) is 6.07. The maximum absolute atomic E-state index is 13.4. The van der Waals surface area contributed by atoms with E-state index < -0.39 is 62.1 Å². The van der Waals surface area contributed by atoms with Crippen LogP contribution < -0.4 is 0 Å². The largest absolute Gasteiger partial charge is 0.400 e. The Morgan fingerprint density at radius 2 is 2.00 bits per heavy atom. The van der Waals surface area contributed by atoms with Crippen LogP contribution >= 0.6 is 0 Å². The van der Waals surface area contributed by atoms with Gasteiger partial charge in [0.05, 0.1) is 18.0 Å². The van der Waals surface area contributed by atoms with E-state index in [0.29, 0.717) is 12.8 Å². The van der Waals surface area contributed by atoms with Crippen LogP contribution in [0.4, 0.5) is 13.2 Å². The summed E-state index contributed by atoms with van der Waals surface area (Å²) in [6, 6.07) is 0. The average Bonchev–Trinajstić information content (AvgIpc) is 3.00. The van der Waals surface area contributed by atoms with Crippen LogP contribution in [0.15, 0.2) is 0 Å². The second-order valence-corrected chi connectivity index (χ2v) is 9.39. The predicted molar refractivity (Wildman–Crippen MR) is 69.5 cm³/mol. The molecule has 2 bridgehead atoms. The minimum absolute atomic E-state index is 0.104. The Bertz CT molecular complexity index is 692. The van der Waals surface area contributed by atoms with E-state index in [1.165, 1.54) is 0 Å². The number of ether oxygens (including phenoxy) is 1. The molecule has 0 amide bonds. The van der Waals surface area contributed by atoms with Gasteiger partial charge < -0.3 is 4.74 Å². The second-order valence-electron chi connectivity index (χ2n) is 6.12. The summed E-state index contributed by atoms with van der Waals surface area (Å²) in [6.45, 7) is -0.537. The molecule has 0 radical (unpaired) electrons. The quantitative estimate of drug-likeness (QED) is 0.534. The van der Waals surface area contributed by atoms with Gasteiger partial charge in [-0.05, 0) is 18.8 Å². The fourth-order valence-electron chi connectivity index (χ4n) is 3.75. The van der Waals surface area contributed by atoms with Crippen molar-refractivity contribution in [3.63, 3.8) is 0 Å². The van der Waals surface area contributed by atoms with Crippen LogP contribution in [0.2, 0.25) is 0 Å². The highest BCUT2D eigenvalue weighted by atomic mass is 32.2. The van der Waals surface area contributed by atoms with Gasteiger partial charge in [-0.2, -0.15) is 25.6 Å². The third-order valence-electron chi connectivity index (χ3n) is 4.80. The van der Waals surface area contributed by atoms with Gasteiger partial charge in [0.15, 0.2) is 6.17 Å². The summed E-state index contributed by atoms with van der Waals surface area (Å²) in [7, 11) is -9.49. The molecule has 2 saturated carbocycles. The first-order valence-electron chi connectivity index (χ1n) is 6.98. The van der Waals surface area contributed by atoms with Crippen LogP contribution in [0.3, 0.4) is 0 Å². The molecule has 1 saturated heterocycles. The molecule has 3 rings (SSSR count). The van der Waals surface area contributed by atoms with Gasteiger partial charge >= 0.3 is 15.4 Å². The second kappa shape index (κ2) is 5.28. The molecule has 1 N–H and O–H groups in total. The van der Waals surface area contributed by atoms with Crippen molar-refractivity contribution in [2.75, 3.05) is 6.61 Å². The number of hydrogen-bond donors (Lipinski definition) is 1. The maximum Gasteiger partial charge on any atom is 0.400 e. The summed E-state index contributed by atoms with van der Waals surface area (Å²) in [5.74, 6) is -0.303. The lowest BCUT2D eigenvalue weighted by Crippen LogP contribution is -2.40. The van der Waals surface area contributed by atoms with E-state index >= 15 is 0 Å². The highest BCUT2D eigenvalue weighted by molar-refractivity contribution is 7.87. The summed E-state index contributed by atoms with van der Waals surface area (Å²) in [4.78, 5) is 0. The molecule has 2 aliphatic carbocycles. The Hall–Kier alpha value is -0.430. The number of alkyl halides is 3. The summed E-state index contributed by atoms with van der Waals surface area (Å²) in [5.41, 5.74) is 0. The van der Waals surface area contributed by atoms with E-state index in [-0.39, 0.29) is 11.8 Å². The van der Waals surface area contributed by atoms with Crippen molar-refractivity contribution in [1.29, 1.82) is 0 Å². The van der Waals surface area contributed by atoms with Crippen molar-refractivity contribution in [2.45, 2.75) is 48.1 Å². The minimum Gasteiger partial charge on any atom is -0.375 e. The molecule has 134 valence electrons. The molecule has 0 spiro atoms. The molecule has 0 aromatic rings. The molecule has 6 atom stereocenters. The fraction of sp³-hybridized carbons (Fsp3) is 1.00. The molecule has 3 fully saturated rings. The van der Waals surface area contributed by atoms with E-state index in [4.69, 9.17) is 13.5 Å². The molecule has 12 heteroatoms. The normalized spacial score (nSPS) is 39.7. The lowest BCUT2D eigenvalue weighted by molar-refractivity contribution is -0.0613. The van der Waals surface area contributed by atoms with Crippen molar-refractivity contribution in [3.05, 3.63) is 0 Å². The number of fused-ring (bicyclic) bond motifs is 1. The SMILES string of the molecule is O=S1(=O)OC2C3CC(CC31)C2OCCC(F)C(F)(F)S(=O)(=O)O. The third kappa shape index (κ3) is 2.68. The standard InChI is InChI=1S/C11H15F3O7S2/c12-8(11(13,14)23(17,18)19)1-2-20-9-5-3-6-7(4-5)22(15,16)21-10(6)9/h5-10H,1-4H2,(H,17,18,19). The van der Waals surface area contributed by atoms with Crippen LogP contribution in [0.1, 0.15) is 19.3 Å².